The summed E-state index contributed by atoms with van der Waals surface area (Å²) in [5, 5.41) is 0. The van der Waals surface area contributed by atoms with E-state index in [0.29, 0.717) is 0 Å². The number of rotatable bonds is 5. The summed E-state index contributed by atoms with van der Waals surface area (Å²) in [7, 11) is 3.28. The predicted molar refractivity (Wildman–Crippen MR) is 78.9 cm³/mol. The van der Waals surface area contributed by atoms with Gasteiger partial charge >= 0.3 is 0 Å². The molecule has 0 fully saturated rings. The van der Waals surface area contributed by atoms with Crippen molar-refractivity contribution in [3.8, 4) is 11.5 Å². The molecule has 0 saturated carbocycles. The molecule has 2 aromatic carbocycles. The van der Waals surface area contributed by atoms with Crippen molar-refractivity contribution in [2.75, 3.05) is 14.2 Å². The molecule has 0 aromatic heterocycles. The molecule has 0 bridgehead atoms. The highest BCUT2D eigenvalue weighted by atomic mass is 32.2. The maximum absolute atomic E-state index is 8.48. The van der Waals surface area contributed by atoms with Gasteiger partial charge in [0.1, 0.15) is 11.5 Å². The molecule has 0 heterocycles. The Kier molecular flexibility index (Phi) is 4.82. The molecule has 0 aliphatic rings. The maximum atomic E-state index is 8.48. The zero-order valence-electron chi connectivity index (χ0n) is 11.2. The molecule has 5 heteroatoms. The van der Waals surface area contributed by atoms with Gasteiger partial charge in [0.25, 0.3) is 6.21 Å². The monoisotopic (exact) mass is 286 g/mol. The summed E-state index contributed by atoms with van der Waals surface area (Å²) >= 11 is 1.58. The van der Waals surface area contributed by atoms with Gasteiger partial charge in [-0.3, -0.25) is 0 Å². The molecule has 102 valence electrons. The Morgan fingerprint density at radius 2 is 1.80 bits per heavy atom. The second-order valence-corrected chi connectivity index (χ2v) is 5.05. The lowest BCUT2D eigenvalue weighted by atomic mass is 10.2. The minimum Gasteiger partial charge on any atom is -0.497 e. The number of benzene rings is 2. The molecule has 0 spiro atoms. The van der Waals surface area contributed by atoms with Gasteiger partial charge in [0.15, 0.2) is 0 Å². The molecule has 0 amide bonds. The molecule has 0 saturated heterocycles. The van der Waals surface area contributed by atoms with E-state index in [1.165, 1.54) is 6.21 Å². The van der Waals surface area contributed by atoms with Crippen molar-refractivity contribution >= 4 is 18.0 Å². The van der Waals surface area contributed by atoms with Crippen LogP contribution in [0.25, 0.3) is 5.53 Å². The molecular weight excluding hydrogens is 272 g/mol. The molecule has 20 heavy (non-hydrogen) atoms. The second-order valence-electron chi connectivity index (χ2n) is 3.93. The third-order valence-electron chi connectivity index (χ3n) is 2.69. The summed E-state index contributed by atoms with van der Waals surface area (Å²) < 4.78 is 10.6. The van der Waals surface area contributed by atoms with Gasteiger partial charge in [-0.25, -0.2) is 0 Å². The third-order valence-corrected chi connectivity index (χ3v) is 3.73. The fraction of sp³-hybridized carbons (Fsp3) is 0.133. The van der Waals surface area contributed by atoms with Crippen LogP contribution in [0.1, 0.15) is 5.56 Å². The van der Waals surface area contributed by atoms with Crippen LogP contribution in [0.15, 0.2) is 52.3 Å². The minimum atomic E-state index is 0.789. The van der Waals surface area contributed by atoms with Crippen molar-refractivity contribution in [2.24, 2.45) is 0 Å². The lowest BCUT2D eigenvalue weighted by molar-refractivity contribution is 0.00456. The third kappa shape index (κ3) is 3.41. The van der Waals surface area contributed by atoms with Gasteiger partial charge in [0, 0.05) is 4.90 Å². The van der Waals surface area contributed by atoms with Crippen molar-refractivity contribution in [2.45, 2.75) is 9.79 Å². The van der Waals surface area contributed by atoms with E-state index in [2.05, 4.69) is 4.79 Å². The summed E-state index contributed by atoms with van der Waals surface area (Å²) in [6.45, 7) is 0. The Balaban J connectivity index is 2.26. The summed E-state index contributed by atoms with van der Waals surface area (Å²) in [6, 6.07) is 13.4. The van der Waals surface area contributed by atoms with Crippen LogP contribution in [0, 0.1) is 0 Å². The van der Waals surface area contributed by atoms with Crippen molar-refractivity contribution < 1.29 is 14.3 Å². The highest BCUT2D eigenvalue weighted by Crippen LogP contribution is 2.37. The molecular formula is C15H14N2O2S. The maximum Gasteiger partial charge on any atom is 0.287 e. The number of hydrogen-bond donors (Lipinski definition) is 0. The SMILES string of the molecule is COc1ccc(OC)c(Sc2ccc(C=[N+]=[N-])cc2)c1. The summed E-state index contributed by atoms with van der Waals surface area (Å²) in [6.07, 6.45) is 1.39. The van der Waals surface area contributed by atoms with Crippen LogP contribution >= 0.6 is 11.8 Å². The van der Waals surface area contributed by atoms with E-state index in [1.54, 1.807) is 26.0 Å². The van der Waals surface area contributed by atoms with Crippen LogP contribution in [0.2, 0.25) is 0 Å². The van der Waals surface area contributed by atoms with Crippen molar-refractivity contribution in [3.63, 3.8) is 0 Å². The van der Waals surface area contributed by atoms with E-state index in [1.807, 2.05) is 42.5 Å². The molecule has 2 aromatic rings. The standard InChI is InChI=1S/C15H14N2O2S/c1-18-12-5-8-14(19-2)15(9-12)20-13-6-3-11(4-7-13)10-17-16/h3-10H,1-2H3. The van der Waals surface area contributed by atoms with E-state index < -0.39 is 0 Å². The van der Waals surface area contributed by atoms with Gasteiger partial charge in [-0.15, -0.1) is 0 Å². The van der Waals surface area contributed by atoms with Gasteiger partial charge in [-0.2, -0.15) is 4.79 Å². The van der Waals surface area contributed by atoms with Gasteiger partial charge in [-0.05, 0) is 42.5 Å². The molecule has 0 aliphatic carbocycles. The fourth-order valence-electron chi connectivity index (χ4n) is 1.68. The van der Waals surface area contributed by atoms with E-state index in [9.17, 15) is 0 Å². The topological polar surface area (TPSA) is 54.9 Å². The summed E-state index contributed by atoms with van der Waals surface area (Å²) in [4.78, 5) is 5.04. The quantitative estimate of drug-likeness (QED) is 0.480. The number of nitrogens with zero attached hydrogens (tertiary/aromatic N) is 2. The average Bonchev–Trinajstić information content (AvgIpc) is 2.49. The van der Waals surface area contributed by atoms with E-state index >= 15 is 0 Å². The number of ether oxygens (including phenoxy) is 2. The van der Waals surface area contributed by atoms with Crippen molar-refractivity contribution in [1.29, 1.82) is 0 Å². The molecule has 0 aliphatic heterocycles. The Labute approximate surface area is 122 Å². The summed E-state index contributed by atoms with van der Waals surface area (Å²) in [5.74, 6) is 1.59. The van der Waals surface area contributed by atoms with Gasteiger partial charge in [-0.1, -0.05) is 11.8 Å². The number of methoxy groups -OCH3 is 2. The summed E-state index contributed by atoms with van der Waals surface area (Å²) in [5.41, 5.74) is 9.33. The Bertz CT molecular complexity index is 635. The van der Waals surface area contributed by atoms with E-state index in [0.717, 1.165) is 26.9 Å². The van der Waals surface area contributed by atoms with Crippen LogP contribution < -0.4 is 9.47 Å². The smallest absolute Gasteiger partial charge is 0.287 e. The first kappa shape index (κ1) is 14.2. The highest BCUT2D eigenvalue weighted by molar-refractivity contribution is 7.99. The average molecular weight is 286 g/mol. The fourth-order valence-corrected chi connectivity index (χ4v) is 2.63. The zero-order chi connectivity index (χ0) is 14.4. The molecule has 4 nitrogen and oxygen atoms in total. The predicted octanol–water partition coefficient (Wildman–Crippen LogP) is 3.50. The first-order chi connectivity index (χ1) is 9.76. The molecule has 0 unspecified atom stereocenters. The van der Waals surface area contributed by atoms with Gasteiger partial charge in [0.2, 0.25) is 0 Å². The number of hydrogen-bond acceptors (Lipinski definition) is 3. The Morgan fingerprint density at radius 3 is 2.40 bits per heavy atom. The highest BCUT2D eigenvalue weighted by Gasteiger charge is 2.07. The van der Waals surface area contributed by atoms with E-state index in [-0.39, 0.29) is 0 Å². The normalized spacial score (nSPS) is 9.70. The van der Waals surface area contributed by atoms with Crippen LogP contribution in [0.4, 0.5) is 0 Å². The minimum absolute atomic E-state index is 0.789. The van der Waals surface area contributed by atoms with Crippen molar-refractivity contribution in [1.82, 2.24) is 0 Å². The first-order valence-corrected chi connectivity index (χ1v) is 6.76. The second kappa shape index (κ2) is 6.80. The first-order valence-electron chi connectivity index (χ1n) is 5.94. The molecule has 0 radical (unpaired) electrons. The largest absolute Gasteiger partial charge is 0.497 e. The van der Waals surface area contributed by atoms with Crippen LogP contribution in [-0.4, -0.2) is 25.2 Å². The van der Waals surface area contributed by atoms with Crippen LogP contribution in [-0.2, 0) is 0 Å². The Hall–Kier alpha value is -2.23. The van der Waals surface area contributed by atoms with Crippen molar-refractivity contribution in [3.05, 3.63) is 53.6 Å². The van der Waals surface area contributed by atoms with Crippen LogP contribution in [0.5, 0.6) is 11.5 Å². The lowest BCUT2D eigenvalue weighted by Crippen LogP contribution is -1.89. The van der Waals surface area contributed by atoms with Crippen LogP contribution in [0.3, 0.4) is 0 Å². The van der Waals surface area contributed by atoms with Gasteiger partial charge < -0.3 is 15.0 Å². The lowest BCUT2D eigenvalue weighted by Gasteiger charge is -2.10. The molecule has 0 N–H and O–H groups in total. The molecule has 2 rings (SSSR count). The molecule has 0 atom stereocenters. The zero-order valence-corrected chi connectivity index (χ0v) is 12.1. The van der Waals surface area contributed by atoms with E-state index in [4.69, 9.17) is 15.0 Å². The van der Waals surface area contributed by atoms with Gasteiger partial charge in [0.05, 0.1) is 24.7 Å². The Morgan fingerprint density at radius 1 is 1.05 bits per heavy atom.